The first-order valence-corrected chi connectivity index (χ1v) is 14.2. The second kappa shape index (κ2) is 7.53. The molecular formula is C27H23NS4. The highest BCUT2D eigenvalue weighted by Crippen LogP contribution is 2.68. The summed E-state index contributed by atoms with van der Waals surface area (Å²) in [6, 6.07) is 11.0. The summed E-state index contributed by atoms with van der Waals surface area (Å²) in [5.41, 5.74) is 6.99. The van der Waals surface area contributed by atoms with Crippen molar-refractivity contribution in [2.24, 2.45) is 0 Å². The van der Waals surface area contributed by atoms with Crippen LogP contribution in [0.25, 0.3) is 0 Å². The zero-order valence-electron chi connectivity index (χ0n) is 18.3. The fraction of sp³-hybridized carbons (Fsp3) is 0.296. The number of nitriles is 1. The molecule has 0 amide bonds. The Morgan fingerprint density at radius 2 is 1.50 bits per heavy atom. The number of thioether (sulfide) groups is 4. The Hall–Kier alpha value is -1.45. The predicted molar refractivity (Wildman–Crippen MR) is 142 cm³/mol. The van der Waals surface area contributed by atoms with Crippen LogP contribution in [0.5, 0.6) is 0 Å². The molecule has 0 aromatic heterocycles. The molecule has 32 heavy (non-hydrogen) atoms. The summed E-state index contributed by atoms with van der Waals surface area (Å²) < 4.78 is 1.34. The van der Waals surface area contributed by atoms with E-state index in [4.69, 9.17) is 0 Å². The molecule has 5 aliphatic rings. The van der Waals surface area contributed by atoms with Crippen LogP contribution in [0.15, 0.2) is 100 Å². The summed E-state index contributed by atoms with van der Waals surface area (Å²) in [6.45, 7) is 6.78. The van der Waals surface area contributed by atoms with E-state index >= 15 is 0 Å². The molecule has 5 heteroatoms. The first-order valence-electron chi connectivity index (χ1n) is 11.0. The van der Waals surface area contributed by atoms with Crippen molar-refractivity contribution in [2.75, 3.05) is 0 Å². The number of hydrogen-bond acceptors (Lipinski definition) is 5. The van der Waals surface area contributed by atoms with Gasteiger partial charge in [0.15, 0.2) is 0 Å². The molecule has 2 unspecified atom stereocenters. The number of hydrogen-bond donors (Lipinski definition) is 0. The number of nitrogens with zero attached hydrogens (tertiary/aromatic N) is 1. The van der Waals surface area contributed by atoms with Crippen molar-refractivity contribution in [3.63, 3.8) is 0 Å². The first-order chi connectivity index (χ1) is 15.4. The fourth-order valence-electron chi connectivity index (χ4n) is 5.42. The van der Waals surface area contributed by atoms with Gasteiger partial charge in [-0.05, 0) is 98.8 Å². The highest BCUT2D eigenvalue weighted by molar-refractivity contribution is 8.24. The lowest BCUT2D eigenvalue weighted by Gasteiger charge is -2.47. The van der Waals surface area contributed by atoms with Crippen molar-refractivity contribution in [3.05, 3.63) is 90.5 Å². The van der Waals surface area contributed by atoms with Crippen LogP contribution >= 0.6 is 47.0 Å². The van der Waals surface area contributed by atoms with E-state index in [0.29, 0.717) is 0 Å². The number of rotatable bonds is 2. The van der Waals surface area contributed by atoms with Crippen LogP contribution < -0.4 is 0 Å². The maximum Gasteiger partial charge on any atom is 0.0944 e. The summed E-state index contributed by atoms with van der Waals surface area (Å²) in [4.78, 5) is 5.34. The van der Waals surface area contributed by atoms with E-state index in [1.165, 1.54) is 48.7 Å². The minimum absolute atomic E-state index is 0.00397. The van der Waals surface area contributed by atoms with Gasteiger partial charge in [0, 0.05) is 25.2 Å². The molecule has 6 rings (SSSR count). The Bertz CT molecular complexity index is 1270. The minimum Gasteiger partial charge on any atom is -0.193 e. The van der Waals surface area contributed by atoms with Crippen molar-refractivity contribution < 1.29 is 0 Å². The smallest absolute Gasteiger partial charge is 0.0944 e. The van der Waals surface area contributed by atoms with Gasteiger partial charge in [-0.1, -0.05) is 35.7 Å². The molecule has 2 aliphatic carbocycles. The summed E-state index contributed by atoms with van der Waals surface area (Å²) >= 11 is 7.78. The van der Waals surface area contributed by atoms with Crippen LogP contribution in [0.1, 0.15) is 40.0 Å². The molecule has 0 N–H and O–H groups in total. The van der Waals surface area contributed by atoms with Crippen LogP contribution in [0.4, 0.5) is 0 Å². The van der Waals surface area contributed by atoms with Crippen LogP contribution in [0.2, 0.25) is 0 Å². The maximum absolute atomic E-state index is 9.31. The average Bonchev–Trinajstić information content (AvgIpc) is 3.52. The minimum atomic E-state index is -0.0204. The lowest BCUT2D eigenvalue weighted by atomic mass is 9.72. The fourth-order valence-corrected chi connectivity index (χ4v) is 11.1. The molecule has 0 saturated heterocycles. The average molecular weight is 490 g/mol. The highest BCUT2D eigenvalue weighted by Gasteiger charge is 2.58. The lowest BCUT2D eigenvalue weighted by Crippen LogP contribution is -2.47. The molecule has 3 heterocycles. The second-order valence-electron chi connectivity index (χ2n) is 9.06. The molecule has 0 spiro atoms. The molecule has 1 aromatic carbocycles. The number of benzene rings is 1. The van der Waals surface area contributed by atoms with Gasteiger partial charge in [-0.15, -0.1) is 23.5 Å². The van der Waals surface area contributed by atoms with Crippen molar-refractivity contribution in [1.29, 1.82) is 5.26 Å². The molecular weight excluding hydrogens is 467 g/mol. The van der Waals surface area contributed by atoms with Gasteiger partial charge in [-0.25, -0.2) is 0 Å². The zero-order chi connectivity index (χ0) is 22.1. The maximum atomic E-state index is 9.31. The Balaban J connectivity index is 1.40. The van der Waals surface area contributed by atoms with Gasteiger partial charge in [0.2, 0.25) is 0 Å². The van der Waals surface area contributed by atoms with Gasteiger partial charge in [0.1, 0.15) is 0 Å². The highest BCUT2D eigenvalue weighted by atomic mass is 32.2. The third-order valence-corrected chi connectivity index (χ3v) is 12.7. The molecule has 1 nitrogen and oxygen atoms in total. The standard InChI is InChI=1S/C27H23NS4/c1-16(15-28)11-17-12-21-19-7-6-8-20(19)22-13-18(32-27(22,3)26(21,2)31-17)14-25-29-23-9-4-5-10-24(23)30-25/h4-5,9-14H,6-8H2,1-3H3/b16-11-. The molecule has 1 fully saturated rings. The van der Waals surface area contributed by atoms with E-state index in [9.17, 15) is 5.26 Å². The molecule has 0 radical (unpaired) electrons. The topological polar surface area (TPSA) is 23.8 Å². The SMILES string of the molecule is C/C(C#N)=C/C1=CC2=C3CCCC3=C3C=C(C=C4Sc5ccccc5S4)SC3(C)C2(C)S1. The van der Waals surface area contributed by atoms with Crippen molar-refractivity contribution >= 4 is 47.0 Å². The summed E-state index contributed by atoms with van der Waals surface area (Å²) in [6.07, 6.45) is 13.0. The molecule has 160 valence electrons. The van der Waals surface area contributed by atoms with Gasteiger partial charge < -0.3 is 0 Å². The molecule has 1 saturated carbocycles. The van der Waals surface area contributed by atoms with Gasteiger partial charge in [0.05, 0.1) is 19.8 Å². The second-order valence-corrected chi connectivity index (χ2v) is 14.5. The largest absolute Gasteiger partial charge is 0.193 e. The van der Waals surface area contributed by atoms with Gasteiger partial charge in [-0.3, -0.25) is 0 Å². The normalized spacial score (nSPS) is 30.6. The van der Waals surface area contributed by atoms with E-state index in [-0.39, 0.29) is 9.49 Å². The molecule has 1 aromatic rings. The third kappa shape index (κ3) is 3.03. The molecule has 0 bridgehead atoms. The van der Waals surface area contributed by atoms with Gasteiger partial charge >= 0.3 is 0 Å². The Morgan fingerprint density at radius 1 is 0.938 bits per heavy atom. The van der Waals surface area contributed by atoms with E-state index in [0.717, 1.165) is 5.57 Å². The van der Waals surface area contributed by atoms with Crippen molar-refractivity contribution in [3.8, 4) is 6.07 Å². The van der Waals surface area contributed by atoms with Crippen molar-refractivity contribution in [2.45, 2.75) is 59.3 Å². The third-order valence-electron chi connectivity index (χ3n) is 7.09. The van der Waals surface area contributed by atoms with E-state index in [1.54, 1.807) is 16.7 Å². The van der Waals surface area contributed by atoms with Gasteiger partial charge in [0.25, 0.3) is 0 Å². The summed E-state index contributed by atoms with van der Waals surface area (Å²) in [5.74, 6) is 0. The Labute approximate surface area is 207 Å². The van der Waals surface area contributed by atoms with Crippen LogP contribution in [0.3, 0.4) is 0 Å². The first kappa shape index (κ1) is 21.1. The monoisotopic (exact) mass is 489 g/mol. The Kier molecular flexibility index (Phi) is 4.97. The van der Waals surface area contributed by atoms with Crippen LogP contribution in [0, 0.1) is 11.3 Å². The van der Waals surface area contributed by atoms with Crippen LogP contribution in [-0.2, 0) is 0 Å². The van der Waals surface area contributed by atoms with Crippen LogP contribution in [-0.4, -0.2) is 9.49 Å². The predicted octanol–water partition coefficient (Wildman–Crippen LogP) is 8.77. The quantitative estimate of drug-likeness (QED) is 0.386. The summed E-state index contributed by atoms with van der Waals surface area (Å²) in [5, 5.41) is 9.31. The van der Waals surface area contributed by atoms with E-state index < -0.39 is 0 Å². The summed E-state index contributed by atoms with van der Waals surface area (Å²) in [7, 11) is 0. The van der Waals surface area contributed by atoms with E-state index in [1.807, 2.05) is 54.0 Å². The molecule has 2 atom stereocenters. The molecule has 3 aliphatic heterocycles. The van der Waals surface area contributed by atoms with E-state index in [2.05, 4.69) is 68.5 Å². The van der Waals surface area contributed by atoms with Crippen molar-refractivity contribution in [1.82, 2.24) is 0 Å². The number of allylic oxidation sites excluding steroid dienone is 7. The number of fused-ring (bicyclic) bond motifs is 5. The zero-order valence-corrected chi connectivity index (χ0v) is 21.6. The lowest BCUT2D eigenvalue weighted by molar-refractivity contribution is 0.607. The van der Waals surface area contributed by atoms with Gasteiger partial charge in [-0.2, -0.15) is 5.26 Å². The Morgan fingerprint density at radius 3 is 2.09 bits per heavy atom.